The molecule has 0 N–H and O–H groups in total. The van der Waals surface area contributed by atoms with E-state index in [1.165, 1.54) is 29.5 Å². The Morgan fingerprint density at radius 3 is 2.87 bits per heavy atom. The van der Waals surface area contributed by atoms with Crippen molar-refractivity contribution in [2.45, 2.75) is 16.3 Å². The fourth-order valence-electron chi connectivity index (χ4n) is 0.879. The lowest BCUT2D eigenvalue weighted by Crippen LogP contribution is -1.89. The molecule has 0 aliphatic rings. The summed E-state index contributed by atoms with van der Waals surface area (Å²) in [7, 11) is 0. The van der Waals surface area contributed by atoms with Crippen molar-refractivity contribution < 1.29 is 0 Å². The first kappa shape index (κ1) is 10.0. The molecular weight excluding hydrogens is 230 g/mol. The summed E-state index contributed by atoms with van der Waals surface area (Å²) in [6.45, 7) is 1.82. The van der Waals surface area contributed by atoms with E-state index in [0.717, 1.165) is 10.2 Å². The first-order valence-corrected chi connectivity index (χ1v) is 5.58. The molecule has 0 unspecified atom stereocenters. The lowest BCUT2D eigenvalue weighted by molar-refractivity contribution is 1.02. The van der Waals surface area contributed by atoms with Crippen molar-refractivity contribution >= 4 is 23.3 Å². The van der Waals surface area contributed by atoms with Crippen LogP contribution in [0.25, 0.3) is 0 Å². The molecule has 2 rings (SSSR count). The zero-order valence-electron chi connectivity index (χ0n) is 7.71. The van der Waals surface area contributed by atoms with Crippen molar-refractivity contribution in [3.8, 4) is 6.07 Å². The Morgan fingerprint density at radius 1 is 1.40 bits per heavy atom. The van der Waals surface area contributed by atoms with Crippen LogP contribution < -0.4 is 0 Å². The number of nitrogens with zero attached hydrogens (tertiary/aromatic N) is 5. The Bertz CT molecular complexity index is 516. The molecular formula is C8H5N5S2. The highest BCUT2D eigenvalue weighted by atomic mass is 32.2. The molecule has 5 nitrogen and oxygen atoms in total. The molecule has 0 spiro atoms. The highest BCUT2D eigenvalue weighted by Crippen LogP contribution is 2.28. The van der Waals surface area contributed by atoms with Crippen molar-refractivity contribution in [3.05, 3.63) is 23.9 Å². The van der Waals surface area contributed by atoms with Crippen LogP contribution in [0.4, 0.5) is 0 Å². The lowest BCUT2D eigenvalue weighted by Gasteiger charge is -1.96. The molecule has 0 bridgehead atoms. The number of hydrogen-bond acceptors (Lipinski definition) is 7. The standard InChI is InChI=1S/C8H5N5S2/c1-5-12-8(15-13-5)14-7-6(4-9)10-2-3-11-7/h2-3H,1H3. The van der Waals surface area contributed by atoms with E-state index < -0.39 is 0 Å². The van der Waals surface area contributed by atoms with Gasteiger partial charge in [-0.2, -0.15) is 9.64 Å². The Balaban J connectivity index is 2.28. The maximum absolute atomic E-state index is 8.80. The summed E-state index contributed by atoms with van der Waals surface area (Å²) in [5, 5.41) is 9.37. The number of aryl methyl sites for hydroxylation is 1. The summed E-state index contributed by atoms with van der Waals surface area (Å²) in [6, 6.07) is 1.98. The first-order chi connectivity index (χ1) is 7.29. The highest BCUT2D eigenvalue weighted by Gasteiger charge is 2.09. The van der Waals surface area contributed by atoms with Crippen LogP contribution in [0.3, 0.4) is 0 Å². The molecule has 0 fully saturated rings. The largest absolute Gasteiger partial charge is 0.245 e. The van der Waals surface area contributed by atoms with Gasteiger partial charge in [0.25, 0.3) is 0 Å². The van der Waals surface area contributed by atoms with Crippen LogP contribution in [0.2, 0.25) is 0 Å². The third kappa shape index (κ3) is 2.29. The number of rotatable bonds is 2. The topological polar surface area (TPSA) is 75.3 Å². The average molecular weight is 235 g/mol. The van der Waals surface area contributed by atoms with Gasteiger partial charge in [0.2, 0.25) is 0 Å². The van der Waals surface area contributed by atoms with Crippen LogP contribution in [0, 0.1) is 18.3 Å². The molecule has 0 amide bonds. The van der Waals surface area contributed by atoms with Gasteiger partial charge in [-0.15, -0.1) is 0 Å². The van der Waals surface area contributed by atoms with Gasteiger partial charge in [-0.1, -0.05) is 0 Å². The molecule has 15 heavy (non-hydrogen) atoms. The molecule has 2 heterocycles. The third-order valence-electron chi connectivity index (χ3n) is 1.46. The quantitative estimate of drug-likeness (QED) is 0.788. The zero-order chi connectivity index (χ0) is 10.7. The van der Waals surface area contributed by atoms with Crippen LogP contribution in [0.1, 0.15) is 11.5 Å². The van der Waals surface area contributed by atoms with E-state index in [1.54, 1.807) is 6.20 Å². The summed E-state index contributed by atoms with van der Waals surface area (Å²) >= 11 is 2.60. The van der Waals surface area contributed by atoms with Gasteiger partial charge >= 0.3 is 0 Å². The molecule has 0 aliphatic carbocycles. The Kier molecular flexibility index (Phi) is 2.89. The zero-order valence-corrected chi connectivity index (χ0v) is 9.34. The van der Waals surface area contributed by atoms with E-state index in [2.05, 4.69) is 19.3 Å². The minimum absolute atomic E-state index is 0.315. The molecule has 0 radical (unpaired) electrons. The van der Waals surface area contributed by atoms with Gasteiger partial charge in [0.05, 0.1) is 0 Å². The summed E-state index contributed by atoms with van der Waals surface area (Å²) in [5.74, 6) is 0.727. The number of hydrogen-bond donors (Lipinski definition) is 0. The van der Waals surface area contributed by atoms with E-state index in [9.17, 15) is 0 Å². The molecule has 0 aromatic carbocycles. The predicted octanol–water partition coefficient (Wildman–Crippen LogP) is 1.66. The summed E-state index contributed by atoms with van der Waals surface area (Å²) in [4.78, 5) is 12.2. The van der Waals surface area contributed by atoms with Crippen LogP contribution in [0.15, 0.2) is 21.8 Å². The Hall–Kier alpha value is -1.52. The predicted molar refractivity (Wildman–Crippen MR) is 55.5 cm³/mol. The van der Waals surface area contributed by atoms with Crippen molar-refractivity contribution in [3.63, 3.8) is 0 Å². The van der Waals surface area contributed by atoms with Crippen LogP contribution in [0.5, 0.6) is 0 Å². The second-order valence-corrected chi connectivity index (χ2v) is 4.52. The maximum atomic E-state index is 8.80. The minimum atomic E-state index is 0.315. The molecule has 2 aromatic heterocycles. The highest BCUT2D eigenvalue weighted by molar-refractivity contribution is 8.00. The average Bonchev–Trinajstić information content (AvgIpc) is 2.65. The van der Waals surface area contributed by atoms with Gasteiger partial charge in [-0.25, -0.2) is 15.0 Å². The van der Waals surface area contributed by atoms with E-state index in [0.29, 0.717) is 10.7 Å². The molecule has 0 saturated carbocycles. The summed E-state index contributed by atoms with van der Waals surface area (Å²) < 4.78 is 4.81. The van der Waals surface area contributed by atoms with Gasteiger partial charge in [-0.3, -0.25) is 0 Å². The van der Waals surface area contributed by atoms with Gasteiger partial charge in [0.15, 0.2) is 10.0 Å². The van der Waals surface area contributed by atoms with Gasteiger partial charge in [0.1, 0.15) is 16.9 Å². The molecule has 0 atom stereocenters. The van der Waals surface area contributed by atoms with E-state index in [-0.39, 0.29) is 0 Å². The van der Waals surface area contributed by atoms with Crippen molar-refractivity contribution in [1.82, 2.24) is 19.3 Å². The van der Waals surface area contributed by atoms with Crippen LogP contribution in [-0.2, 0) is 0 Å². The van der Waals surface area contributed by atoms with E-state index >= 15 is 0 Å². The maximum Gasteiger partial charge on any atom is 0.176 e. The minimum Gasteiger partial charge on any atom is -0.245 e. The van der Waals surface area contributed by atoms with Gasteiger partial charge < -0.3 is 0 Å². The van der Waals surface area contributed by atoms with Crippen LogP contribution >= 0.6 is 23.3 Å². The molecule has 7 heteroatoms. The SMILES string of the molecule is Cc1nsc(Sc2nccnc2C#N)n1. The Labute approximate surface area is 94.4 Å². The molecule has 2 aromatic rings. The second-order valence-electron chi connectivity index (χ2n) is 2.53. The summed E-state index contributed by atoms with van der Waals surface area (Å²) in [5.41, 5.74) is 0.315. The number of aromatic nitrogens is 4. The monoisotopic (exact) mass is 235 g/mol. The van der Waals surface area contributed by atoms with Gasteiger partial charge in [0, 0.05) is 12.4 Å². The van der Waals surface area contributed by atoms with Crippen molar-refractivity contribution in [2.24, 2.45) is 0 Å². The lowest BCUT2D eigenvalue weighted by atomic mass is 10.5. The Morgan fingerprint density at radius 2 is 2.20 bits per heavy atom. The van der Waals surface area contributed by atoms with Crippen molar-refractivity contribution in [2.75, 3.05) is 0 Å². The van der Waals surface area contributed by atoms with E-state index in [1.807, 2.05) is 13.0 Å². The molecule has 0 saturated heterocycles. The normalized spacial score (nSPS) is 9.87. The fourth-order valence-corrected chi connectivity index (χ4v) is 2.45. The van der Waals surface area contributed by atoms with Crippen LogP contribution in [-0.4, -0.2) is 19.3 Å². The fraction of sp³-hybridized carbons (Fsp3) is 0.125. The smallest absolute Gasteiger partial charge is 0.176 e. The third-order valence-corrected chi connectivity index (χ3v) is 3.30. The van der Waals surface area contributed by atoms with E-state index in [4.69, 9.17) is 5.26 Å². The number of nitriles is 1. The van der Waals surface area contributed by atoms with Gasteiger partial charge in [-0.05, 0) is 30.2 Å². The summed E-state index contributed by atoms with van der Waals surface area (Å²) in [6.07, 6.45) is 3.05. The first-order valence-electron chi connectivity index (χ1n) is 3.99. The second kappa shape index (κ2) is 4.33. The molecule has 74 valence electrons. The van der Waals surface area contributed by atoms with Crippen molar-refractivity contribution in [1.29, 1.82) is 5.26 Å². The molecule has 0 aliphatic heterocycles.